The van der Waals surface area contributed by atoms with Crippen molar-refractivity contribution < 1.29 is 18.3 Å². The minimum Gasteiger partial charge on any atom is -0.431 e. The molecule has 1 aliphatic carbocycles. The molecule has 4 heterocycles. The van der Waals surface area contributed by atoms with Gasteiger partial charge in [-0.05, 0) is 18.9 Å². The number of rotatable bonds is 8. The van der Waals surface area contributed by atoms with Gasteiger partial charge in [0.2, 0.25) is 0 Å². The van der Waals surface area contributed by atoms with Crippen LogP contribution in [0.15, 0.2) is 18.3 Å². The van der Waals surface area contributed by atoms with Gasteiger partial charge in [-0.2, -0.15) is 8.78 Å². The number of methoxy groups -OCH3 is 1. The SMILES string of the molecule is COCCN1C[C@H]2CN(c3cc(-c4cnc(N)c(OC(F)F)c4)nc(C4CC4)n3)C[C@H]21. The first-order chi connectivity index (χ1) is 15.0. The summed E-state index contributed by atoms with van der Waals surface area (Å²) in [4.78, 5) is 18.3. The molecule has 166 valence electrons. The van der Waals surface area contributed by atoms with Crippen molar-refractivity contribution in [2.45, 2.75) is 31.4 Å². The molecule has 5 rings (SSSR count). The number of hydrogen-bond acceptors (Lipinski definition) is 8. The molecular weight excluding hydrogens is 406 g/mol. The van der Waals surface area contributed by atoms with Crippen LogP contribution in [0.25, 0.3) is 11.3 Å². The lowest BCUT2D eigenvalue weighted by molar-refractivity contribution is -0.0494. The normalized spacial score (nSPS) is 23.2. The van der Waals surface area contributed by atoms with E-state index in [-0.39, 0.29) is 11.6 Å². The molecule has 0 amide bonds. The molecule has 2 saturated heterocycles. The molecule has 2 aliphatic heterocycles. The summed E-state index contributed by atoms with van der Waals surface area (Å²) in [7, 11) is 1.73. The molecule has 2 aromatic heterocycles. The minimum atomic E-state index is -2.97. The van der Waals surface area contributed by atoms with Gasteiger partial charge in [0.05, 0.1) is 12.3 Å². The Balaban J connectivity index is 1.42. The fourth-order valence-corrected chi connectivity index (χ4v) is 4.47. The first-order valence-electron chi connectivity index (χ1n) is 10.6. The fourth-order valence-electron chi connectivity index (χ4n) is 4.47. The van der Waals surface area contributed by atoms with Gasteiger partial charge in [-0.25, -0.2) is 15.0 Å². The molecule has 2 N–H and O–H groups in total. The van der Waals surface area contributed by atoms with Crippen LogP contribution in [0, 0.1) is 5.92 Å². The summed E-state index contributed by atoms with van der Waals surface area (Å²) in [5.41, 5.74) is 6.92. The zero-order valence-electron chi connectivity index (χ0n) is 17.4. The Hall–Kier alpha value is -2.59. The Morgan fingerprint density at radius 2 is 2.03 bits per heavy atom. The van der Waals surface area contributed by atoms with Crippen molar-refractivity contribution in [2.75, 3.05) is 50.5 Å². The van der Waals surface area contributed by atoms with Gasteiger partial charge in [0.25, 0.3) is 0 Å². The largest absolute Gasteiger partial charge is 0.431 e. The second kappa shape index (κ2) is 8.16. The van der Waals surface area contributed by atoms with Gasteiger partial charge in [0.1, 0.15) is 11.6 Å². The highest BCUT2D eigenvalue weighted by Crippen LogP contribution is 2.41. The van der Waals surface area contributed by atoms with Crippen LogP contribution in [0.3, 0.4) is 0 Å². The van der Waals surface area contributed by atoms with Crippen molar-refractivity contribution in [1.29, 1.82) is 0 Å². The highest BCUT2D eigenvalue weighted by Gasteiger charge is 2.45. The van der Waals surface area contributed by atoms with Gasteiger partial charge in [-0.15, -0.1) is 0 Å². The second-order valence-electron chi connectivity index (χ2n) is 8.45. The third kappa shape index (κ3) is 4.14. The number of nitrogen functional groups attached to an aromatic ring is 1. The summed E-state index contributed by atoms with van der Waals surface area (Å²) < 4.78 is 35.2. The maximum Gasteiger partial charge on any atom is 0.387 e. The van der Waals surface area contributed by atoms with Crippen molar-refractivity contribution in [3.63, 3.8) is 0 Å². The van der Waals surface area contributed by atoms with Crippen LogP contribution in [-0.4, -0.2) is 72.4 Å². The van der Waals surface area contributed by atoms with Crippen molar-refractivity contribution in [3.8, 4) is 17.0 Å². The third-order valence-corrected chi connectivity index (χ3v) is 6.32. The van der Waals surface area contributed by atoms with E-state index in [0.717, 1.165) is 57.3 Å². The lowest BCUT2D eigenvalue weighted by Gasteiger charge is -2.43. The smallest absolute Gasteiger partial charge is 0.387 e. The van der Waals surface area contributed by atoms with Gasteiger partial charge in [-0.1, -0.05) is 0 Å². The summed E-state index contributed by atoms with van der Waals surface area (Å²) in [6.07, 6.45) is 3.67. The molecule has 1 saturated carbocycles. The lowest BCUT2D eigenvalue weighted by Crippen LogP contribution is -2.56. The standard InChI is InChI=1S/C21H26F2N6O2/c1-30-5-4-28-9-14-10-29(11-16(14)28)18-7-15(26-20(27-18)12-2-3-12)13-6-17(31-21(22)23)19(24)25-8-13/h6-8,12,14,16,21H,2-5,9-11H2,1H3,(H2,24,25)/t14-,16+/m0/s1. The van der Waals surface area contributed by atoms with Crippen molar-refractivity contribution in [2.24, 2.45) is 5.92 Å². The van der Waals surface area contributed by atoms with E-state index in [1.807, 2.05) is 6.07 Å². The highest BCUT2D eigenvalue weighted by atomic mass is 19.3. The molecule has 3 aliphatic rings. The summed E-state index contributed by atoms with van der Waals surface area (Å²) in [5, 5.41) is 0. The molecule has 8 nitrogen and oxygen atoms in total. The summed E-state index contributed by atoms with van der Waals surface area (Å²) in [5.74, 6) is 2.44. The summed E-state index contributed by atoms with van der Waals surface area (Å²) >= 11 is 0. The van der Waals surface area contributed by atoms with Crippen LogP contribution in [-0.2, 0) is 4.74 Å². The van der Waals surface area contributed by atoms with Gasteiger partial charge in [0, 0.05) is 69.0 Å². The highest BCUT2D eigenvalue weighted by molar-refractivity contribution is 5.67. The van der Waals surface area contributed by atoms with Gasteiger partial charge in [-0.3, -0.25) is 4.90 Å². The van der Waals surface area contributed by atoms with Crippen molar-refractivity contribution >= 4 is 11.6 Å². The zero-order chi connectivity index (χ0) is 21.5. The van der Waals surface area contributed by atoms with E-state index in [1.54, 1.807) is 7.11 Å². The predicted octanol–water partition coefficient (Wildman–Crippen LogP) is 2.37. The van der Waals surface area contributed by atoms with Crippen molar-refractivity contribution in [1.82, 2.24) is 19.9 Å². The number of fused-ring (bicyclic) bond motifs is 1. The Kier molecular flexibility index (Phi) is 5.35. The van der Waals surface area contributed by atoms with E-state index in [1.165, 1.54) is 12.3 Å². The molecule has 0 spiro atoms. The number of halogens is 2. The zero-order valence-corrected chi connectivity index (χ0v) is 17.4. The molecule has 2 atom stereocenters. The number of anilines is 2. The molecule has 31 heavy (non-hydrogen) atoms. The van der Waals surface area contributed by atoms with Gasteiger partial charge in [0.15, 0.2) is 11.6 Å². The van der Waals surface area contributed by atoms with Gasteiger partial charge >= 0.3 is 6.61 Å². The lowest BCUT2D eigenvalue weighted by atomic mass is 9.92. The fraction of sp³-hybridized carbons (Fsp3) is 0.571. The van der Waals surface area contributed by atoms with E-state index >= 15 is 0 Å². The van der Waals surface area contributed by atoms with E-state index in [0.29, 0.717) is 29.1 Å². The van der Waals surface area contributed by atoms with E-state index in [9.17, 15) is 8.78 Å². The van der Waals surface area contributed by atoms with Crippen LogP contribution in [0.1, 0.15) is 24.6 Å². The Morgan fingerprint density at radius 3 is 2.77 bits per heavy atom. The number of nitrogens with zero attached hydrogens (tertiary/aromatic N) is 5. The second-order valence-corrected chi connectivity index (χ2v) is 8.45. The van der Waals surface area contributed by atoms with Gasteiger partial charge < -0.3 is 20.1 Å². The summed E-state index contributed by atoms with van der Waals surface area (Å²) in [6.45, 7) is 1.65. The Bertz CT molecular complexity index is 957. The number of pyridine rings is 1. The number of ether oxygens (including phenoxy) is 2. The van der Waals surface area contributed by atoms with Crippen LogP contribution in [0.2, 0.25) is 0 Å². The quantitative estimate of drug-likeness (QED) is 0.680. The molecule has 2 aromatic rings. The number of nitrogens with two attached hydrogens (primary N) is 1. The molecule has 0 unspecified atom stereocenters. The molecule has 0 radical (unpaired) electrons. The molecule has 0 aromatic carbocycles. The number of likely N-dealkylation sites (tertiary alicyclic amines) is 1. The Labute approximate surface area is 179 Å². The Morgan fingerprint density at radius 1 is 1.19 bits per heavy atom. The molecule has 3 fully saturated rings. The molecule has 10 heteroatoms. The van der Waals surface area contributed by atoms with Crippen LogP contribution in [0.4, 0.5) is 20.4 Å². The first-order valence-corrected chi connectivity index (χ1v) is 10.6. The van der Waals surface area contributed by atoms with Crippen molar-refractivity contribution in [3.05, 3.63) is 24.2 Å². The monoisotopic (exact) mass is 432 g/mol. The van der Waals surface area contributed by atoms with Crippen LogP contribution >= 0.6 is 0 Å². The van der Waals surface area contributed by atoms with E-state index < -0.39 is 6.61 Å². The molecular formula is C21H26F2N6O2. The third-order valence-electron chi connectivity index (χ3n) is 6.32. The summed E-state index contributed by atoms with van der Waals surface area (Å²) in [6, 6.07) is 3.90. The maximum atomic E-state index is 12.7. The topological polar surface area (TPSA) is 89.6 Å². The minimum absolute atomic E-state index is 0.0759. The average molecular weight is 432 g/mol. The predicted molar refractivity (Wildman–Crippen MR) is 111 cm³/mol. The number of aromatic nitrogens is 3. The first kappa shape index (κ1) is 20.3. The van der Waals surface area contributed by atoms with Crippen LogP contribution < -0.4 is 15.4 Å². The maximum absolute atomic E-state index is 12.7. The van der Waals surface area contributed by atoms with Crippen LogP contribution in [0.5, 0.6) is 5.75 Å². The molecule has 0 bridgehead atoms. The van der Waals surface area contributed by atoms with E-state index in [4.69, 9.17) is 20.4 Å². The number of alkyl halides is 2. The number of hydrogen-bond donors (Lipinski definition) is 1. The van der Waals surface area contributed by atoms with E-state index in [2.05, 4.69) is 19.5 Å². The average Bonchev–Trinajstić information content (AvgIpc) is 3.53.